The number of nitrogens with one attached hydrogen (secondary N) is 1. The van der Waals surface area contributed by atoms with E-state index in [1.54, 1.807) is 23.9 Å². The van der Waals surface area contributed by atoms with E-state index in [-0.39, 0.29) is 11.2 Å². The van der Waals surface area contributed by atoms with Crippen molar-refractivity contribution in [2.45, 2.75) is 26.0 Å². The Balaban J connectivity index is 1.76. The van der Waals surface area contributed by atoms with Gasteiger partial charge < -0.3 is 10.1 Å². The van der Waals surface area contributed by atoms with Gasteiger partial charge in [-0.15, -0.1) is 11.8 Å². The lowest BCUT2D eigenvalue weighted by atomic mass is 10.1. The molecule has 1 amide bonds. The summed E-state index contributed by atoms with van der Waals surface area (Å²) in [5.41, 5.74) is 3.06. The number of para-hydroxylation sites is 1. The number of rotatable bonds is 7. The molecule has 2 rings (SSSR count). The van der Waals surface area contributed by atoms with Crippen LogP contribution in [0, 0.1) is 13.8 Å². The molecule has 0 fully saturated rings. The molecule has 24 heavy (non-hydrogen) atoms. The smallest absolute Gasteiger partial charge is 0.237 e. The van der Waals surface area contributed by atoms with Gasteiger partial charge in [-0.2, -0.15) is 0 Å². The molecular formula is C19H22ClNO2S. The number of thioether (sulfide) groups is 1. The molecule has 0 aromatic heterocycles. The highest BCUT2D eigenvalue weighted by Gasteiger charge is 2.15. The van der Waals surface area contributed by atoms with E-state index in [1.807, 2.05) is 51.1 Å². The molecule has 2 aromatic rings. The number of anilines is 1. The van der Waals surface area contributed by atoms with Gasteiger partial charge in [-0.3, -0.25) is 4.79 Å². The standard InChI is InChI=1S/C19H22ClNO2S/c1-13-5-4-6-14(2)18(13)21-19(22)15(3)24-12-11-23-17-9-7-16(20)8-10-17/h4-10,15H,11-12H2,1-3H3,(H,21,22). The van der Waals surface area contributed by atoms with E-state index < -0.39 is 0 Å². The summed E-state index contributed by atoms with van der Waals surface area (Å²) in [5.74, 6) is 1.54. The third-order valence-corrected chi connectivity index (χ3v) is 5.00. The molecule has 0 aliphatic heterocycles. The summed E-state index contributed by atoms with van der Waals surface area (Å²) in [7, 11) is 0. The number of amides is 1. The normalized spacial score (nSPS) is 11.8. The Morgan fingerprint density at radius 2 is 1.79 bits per heavy atom. The number of benzene rings is 2. The van der Waals surface area contributed by atoms with Gasteiger partial charge in [-0.25, -0.2) is 0 Å². The Labute approximate surface area is 152 Å². The van der Waals surface area contributed by atoms with E-state index in [0.717, 1.165) is 28.3 Å². The van der Waals surface area contributed by atoms with Crippen LogP contribution in [0.5, 0.6) is 5.75 Å². The molecule has 0 radical (unpaired) electrons. The number of hydrogen-bond acceptors (Lipinski definition) is 3. The van der Waals surface area contributed by atoms with Gasteiger partial charge in [0.2, 0.25) is 5.91 Å². The van der Waals surface area contributed by atoms with E-state index in [4.69, 9.17) is 16.3 Å². The lowest BCUT2D eigenvalue weighted by Gasteiger charge is -2.15. The van der Waals surface area contributed by atoms with Crippen molar-refractivity contribution in [3.05, 3.63) is 58.6 Å². The van der Waals surface area contributed by atoms with Crippen LogP contribution in [0.25, 0.3) is 0 Å². The zero-order valence-corrected chi connectivity index (χ0v) is 15.7. The molecule has 0 saturated heterocycles. The molecule has 0 aliphatic rings. The van der Waals surface area contributed by atoms with E-state index in [9.17, 15) is 4.79 Å². The van der Waals surface area contributed by atoms with Crippen molar-refractivity contribution in [1.82, 2.24) is 0 Å². The van der Waals surface area contributed by atoms with Crippen molar-refractivity contribution in [2.75, 3.05) is 17.7 Å². The van der Waals surface area contributed by atoms with Gasteiger partial charge in [-0.1, -0.05) is 29.8 Å². The van der Waals surface area contributed by atoms with Crippen LogP contribution in [0.2, 0.25) is 5.02 Å². The Morgan fingerprint density at radius 3 is 2.42 bits per heavy atom. The minimum Gasteiger partial charge on any atom is -0.493 e. The van der Waals surface area contributed by atoms with Crippen LogP contribution in [0.1, 0.15) is 18.1 Å². The van der Waals surface area contributed by atoms with E-state index in [2.05, 4.69) is 5.32 Å². The van der Waals surface area contributed by atoms with Crippen LogP contribution in [0.3, 0.4) is 0 Å². The van der Waals surface area contributed by atoms with Gasteiger partial charge in [-0.05, 0) is 56.2 Å². The fraction of sp³-hybridized carbons (Fsp3) is 0.316. The van der Waals surface area contributed by atoms with Crippen LogP contribution in [-0.2, 0) is 4.79 Å². The van der Waals surface area contributed by atoms with Gasteiger partial charge in [0.15, 0.2) is 0 Å². The summed E-state index contributed by atoms with van der Waals surface area (Å²) >= 11 is 7.41. The summed E-state index contributed by atoms with van der Waals surface area (Å²) < 4.78 is 5.64. The first kappa shape index (κ1) is 18.7. The number of halogens is 1. The van der Waals surface area contributed by atoms with E-state index in [0.29, 0.717) is 11.6 Å². The van der Waals surface area contributed by atoms with Crippen molar-refractivity contribution >= 4 is 35.0 Å². The van der Waals surface area contributed by atoms with Gasteiger partial charge >= 0.3 is 0 Å². The molecular weight excluding hydrogens is 342 g/mol. The Kier molecular flexibility index (Phi) is 7.00. The van der Waals surface area contributed by atoms with Gasteiger partial charge in [0.05, 0.1) is 11.9 Å². The molecule has 128 valence electrons. The second-order valence-electron chi connectivity index (χ2n) is 5.57. The second-order valence-corrected chi connectivity index (χ2v) is 7.46. The maximum Gasteiger partial charge on any atom is 0.237 e. The molecule has 1 atom stereocenters. The summed E-state index contributed by atoms with van der Waals surface area (Å²) in [4.78, 5) is 12.3. The summed E-state index contributed by atoms with van der Waals surface area (Å²) in [6.45, 7) is 6.46. The highest BCUT2D eigenvalue weighted by Crippen LogP contribution is 2.21. The second kappa shape index (κ2) is 9.00. The van der Waals surface area contributed by atoms with Gasteiger partial charge in [0, 0.05) is 16.5 Å². The van der Waals surface area contributed by atoms with Crippen molar-refractivity contribution in [2.24, 2.45) is 0 Å². The number of aryl methyl sites for hydroxylation is 2. The monoisotopic (exact) mass is 363 g/mol. The fourth-order valence-corrected chi connectivity index (χ4v) is 3.10. The largest absolute Gasteiger partial charge is 0.493 e. The molecule has 3 nitrogen and oxygen atoms in total. The first-order chi connectivity index (χ1) is 11.5. The van der Waals surface area contributed by atoms with Gasteiger partial charge in [0.1, 0.15) is 5.75 Å². The first-order valence-electron chi connectivity index (χ1n) is 7.84. The molecule has 1 unspecified atom stereocenters. The number of carbonyl (C=O) groups excluding carboxylic acids is 1. The Bertz CT molecular complexity index is 668. The molecule has 0 spiro atoms. The summed E-state index contributed by atoms with van der Waals surface area (Å²) in [5, 5.41) is 3.58. The number of carbonyl (C=O) groups is 1. The first-order valence-corrected chi connectivity index (χ1v) is 9.27. The van der Waals surface area contributed by atoms with Crippen molar-refractivity contribution in [3.63, 3.8) is 0 Å². The van der Waals surface area contributed by atoms with E-state index in [1.165, 1.54) is 0 Å². The Hall–Kier alpha value is -1.65. The van der Waals surface area contributed by atoms with Crippen molar-refractivity contribution < 1.29 is 9.53 Å². The van der Waals surface area contributed by atoms with Crippen molar-refractivity contribution in [1.29, 1.82) is 0 Å². The van der Waals surface area contributed by atoms with Crippen LogP contribution >= 0.6 is 23.4 Å². The van der Waals surface area contributed by atoms with Gasteiger partial charge in [0.25, 0.3) is 0 Å². The molecule has 0 aliphatic carbocycles. The molecule has 2 aromatic carbocycles. The SMILES string of the molecule is Cc1cccc(C)c1NC(=O)C(C)SCCOc1ccc(Cl)cc1. The molecule has 1 N–H and O–H groups in total. The average molecular weight is 364 g/mol. The van der Waals surface area contributed by atoms with Crippen LogP contribution < -0.4 is 10.1 Å². The summed E-state index contributed by atoms with van der Waals surface area (Å²) in [6, 6.07) is 13.3. The van der Waals surface area contributed by atoms with Crippen LogP contribution in [0.4, 0.5) is 5.69 Å². The van der Waals surface area contributed by atoms with Crippen LogP contribution in [-0.4, -0.2) is 23.5 Å². The number of ether oxygens (including phenoxy) is 1. The van der Waals surface area contributed by atoms with E-state index >= 15 is 0 Å². The third kappa shape index (κ3) is 5.46. The summed E-state index contributed by atoms with van der Waals surface area (Å²) in [6.07, 6.45) is 0. The highest BCUT2D eigenvalue weighted by molar-refractivity contribution is 8.00. The lowest BCUT2D eigenvalue weighted by molar-refractivity contribution is -0.115. The Morgan fingerprint density at radius 1 is 1.17 bits per heavy atom. The quantitative estimate of drug-likeness (QED) is 0.696. The molecule has 0 saturated carbocycles. The van der Waals surface area contributed by atoms with Crippen molar-refractivity contribution in [3.8, 4) is 5.75 Å². The molecule has 0 bridgehead atoms. The average Bonchev–Trinajstić information content (AvgIpc) is 2.56. The zero-order chi connectivity index (χ0) is 17.5. The zero-order valence-electron chi connectivity index (χ0n) is 14.1. The van der Waals surface area contributed by atoms with Crippen LogP contribution in [0.15, 0.2) is 42.5 Å². The fourth-order valence-electron chi connectivity index (χ4n) is 2.23. The number of hydrogen-bond donors (Lipinski definition) is 1. The minimum absolute atomic E-state index is 0.0175. The topological polar surface area (TPSA) is 38.3 Å². The minimum atomic E-state index is -0.141. The predicted octanol–water partition coefficient (Wildman–Crippen LogP) is 5.10. The third-order valence-electron chi connectivity index (χ3n) is 3.63. The maximum absolute atomic E-state index is 12.3. The lowest BCUT2D eigenvalue weighted by Crippen LogP contribution is -2.24. The highest BCUT2D eigenvalue weighted by atomic mass is 35.5. The molecule has 5 heteroatoms. The predicted molar refractivity (Wildman–Crippen MR) is 103 cm³/mol. The maximum atomic E-state index is 12.3. The molecule has 0 heterocycles.